The summed E-state index contributed by atoms with van der Waals surface area (Å²) in [6.45, 7) is 0. The monoisotopic (exact) mass is 396 g/mol. The van der Waals surface area contributed by atoms with Gasteiger partial charge in [-0.05, 0) is 0 Å². The molecule has 1 heterocycles. The van der Waals surface area contributed by atoms with E-state index in [0.717, 1.165) is 10.0 Å². The summed E-state index contributed by atoms with van der Waals surface area (Å²) in [5.41, 5.74) is 2.53. The summed E-state index contributed by atoms with van der Waals surface area (Å²) in [5.74, 6) is 0. The average Bonchev–Trinajstić information content (AvgIpc) is 2.45. The Bertz CT molecular complexity index is 630. The van der Waals surface area contributed by atoms with Gasteiger partial charge in [0, 0.05) is 0 Å². The van der Waals surface area contributed by atoms with E-state index in [0.29, 0.717) is 0 Å². The van der Waals surface area contributed by atoms with Crippen LogP contribution >= 0.6 is 23.2 Å². The normalized spacial score (nSPS) is 15.6. The van der Waals surface area contributed by atoms with Crippen molar-refractivity contribution in [3.05, 3.63) is 57.6 Å². The quantitative estimate of drug-likeness (QED) is 0.583. The van der Waals surface area contributed by atoms with Crippen molar-refractivity contribution < 1.29 is 0 Å². The van der Waals surface area contributed by atoms with Crippen molar-refractivity contribution >= 4 is 60.9 Å². The van der Waals surface area contributed by atoms with Crippen LogP contribution in [0.2, 0.25) is 19.9 Å². The maximum atomic E-state index is 6.13. The predicted molar refractivity (Wildman–Crippen MR) is 88.6 cm³/mol. The molecular weight excluding hydrogens is 382 g/mol. The first-order valence-electron chi connectivity index (χ1n) is 6.26. The van der Waals surface area contributed by atoms with Gasteiger partial charge in [-0.3, -0.25) is 0 Å². The average molecular weight is 396 g/mol. The Labute approximate surface area is 127 Å². The molecule has 0 radical (unpaired) electrons. The Hall–Kier alpha value is -0.441. The van der Waals surface area contributed by atoms with Crippen LogP contribution in [0, 0.1) is 0 Å². The molecule has 0 bridgehead atoms. The second-order valence-corrected chi connectivity index (χ2v) is 18.6. The third kappa shape index (κ3) is 2.35. The van der Waals surface area contributed by atoms with E-state index in [1.165, 1.54) is 18.3 Å². The molecule has 0 fully saturated rings. The topological polar surface area (TPSA) is 0 Å². The number of halogens is 2. The maximum absolute atomic E-state index is 6.13. The summed E-state index contributed by atoms with van der Waals surface area (Å²) in [5, 5.41) is 1.60. The predicted octanol–water partition coefficient (Wildman–Crippen LogP) is 4.30. The Morgan fingerprint density at radius 1 is 0.737 bits per heavy atom. The van der Waals surface area contributed by atoms with Gasteiger partial charge < -0.3 is 0 Å². The van der Waals surface area contributed by atoms with Gasteiger partial charge in [0.1, 0.15) is 0 Å². The molecule has 1 aliphatic heterocycles. The standard InChI is InChI=1S/C14H8Cl2.2CH3.Sn/c15-13-5-1-3-11(9-13)7-8-12-4-2-6-14(16)10-12;;;/h1-2,5-10H;2*1H3;. The zero-order valence-corrected chi connectivity index (χ0v) is 15.2. The molecule has 19 heavy (non-hydrogen) atoms. The van der Waals surface area contributed by atoms with Crippen LogP contribution < -0.4 is 7.16 Å². The molecule has 2 aromatic carbocycles. The molecule has 0 N–H and O–H groups in total. The molecule has 3 rings (SSSR count). The molecule has 2 aromatic rings. The van der Waals surface area contributed by atoms with Gasteiger partial charge in [-0.25, -0.2) is 0 Å². The van der Waals surface area contributed by atoms with Crippen LogP contribution in [-0.2, 0) is 0 Å². The fourth-order valence-corrected chi connectivity index (χ4v) is 11.9. The molecule has 0 amide bonds. The van der Waals surface area contributed by atoms with Gasteiger partial charge in [-0.1, -0.05) is 0 Å². The Kier molecular flexibility index (Phi) is 3.44. The molecule has 0 aromatic heterocycles. The summed E-state index contributed by atoms with van der Waals surface area (Å²) >= 11 is 9.71. The second kappa shape index (κ2) is 4.83. The summed E-state index contributed by atoms with van der Waals surface area (Å²) in [4.78, 5) is 4.89. The van der Waals surface area contributed by atoms with E-state index in [1.807, 2.05) is 12.1 Å². The molecule has 0 aliphatic carbocycles. The van der Waals surface area contributed by atoms with E-state index in [9.17, 15) is 0 Å². The van der Waals surface area contributed by atoms with E-state index in [2.05, 4.69) is 46.3 Å². The van der Waals surface area contributed by atoms with Gasteiger partial charge in [-0.2, -0.15) is 0 Å². The van der Waals surface area contributed by atoms with Gasteiger partial charge in [0.05, 0.1) is 0 Å². The van der Waals surface area contributed by atoms with Crippen LogP contribution in [0.4, 0.5) is 0 Å². The van der Waals surface area contributed by atoms with Gasteiger partial charge >= 0.3 is 128 Å². The van der Waals surface area contributed by atoms with Crippen molar-refractivity contribution in [2.75, 3.05) is 0 Å². The molecule has 0 saturated heterocycles. The number of fused-ring (bicyclic) bond motifs is 2. The van der Waals surface area contributed by atoms with Crippen molar-refractivity contribution in [3.8, 4) is 0 Å². The summed E-state index contributed by atoms with van der Waals surface area (Å²) in [6.07, 6.45) is 4.34. The van der Waals surface area contributed by atoms with Crippen molar-refractivity contribution in [3.63, 3.8) is 0 Å². The second-order valence-electron chi connectivity index (χ2n) is 5.42. The summed E-state index contributed by atoms with van der Waals surface area (Å²) < 4.78 is 2.99. The molecule has 0 nitrogen and oxygen atoms in total. The van der Waals surface area contributed by atoms with Crippen LogP contribution in [0.15, 0.2) is 36.4 Å². The first kappa shape index (κ1) is 13.5. The van der Waals surface area contributed by atoms with E-state index in [4.69, 9.17) is 23.2 Å². The molecular formula is C16H14Cl2Sn. The summed E-state index contributed by atoms with van der Waals surface area (Å²) in [6, 6.07) is 12.6. The van der Waals surface area contributed by atoms with Crippen LogP contribution in [0.1, 0.15) is 11.1 Å². The summed E-state index contributed by atoms with van der Waals surface area (Å²) in [7, 11) is 0. The Morgan fingerprint density at radius 3 is 1.58 bits per heavy atom. The Morgan fingerprint density at radius 2 is 1.16 bits per heavy atom. The van der Waals surface area contributed by atoms with Crippen molar-refractivity contribution in [1.82, 2.24) is 0 Å². The van der Waals surface area contributed by atoms with Gasteiger partial charge in [0.15, 0.2) is 0 Å². The molecule has 0 unspecified atom stereocenters. The molecule has 0 spiro atoms. The van der Waals surface area contributed by atoms with E-state index in [-0.39, 0.29) is 0 Å². The van der Waals surface area contributed by atoms with Crippen molar-refractivity contribution in [1.29, 1.82) is 0 Å². The van der Waals surface area contributed by atoms with Crippen LogP contribution in [0.25, 0.3) is 12.2 Å². The molecule has 0 atom stereocenters. The van der Waals surface area contributed by atoms with Gasteiger partial charge in [0.25, 0.3) is 0 Å². The third-order valence-corrected chi connectivity index (χ3v) is 14.6. The van der Waals surface area contributed by atoms with Crippen molar-refractivity contribution in [2.45, 2.75) is 9.88 Å². The van der Waals surface area contributed by atoms with Crippen LogP contribution in [-0.4, -0.2) is 18.4 Å². The first-order chi connectivity index (χ1) is 8.98. The van der Waals surface area contributed by atoms with Gasteiger partial charge in [0.2, 0.25) is 0 Å². The van der Waals surface area contributed by atoms with E-state index < -0.39 is 18.4 Å². The zero-order valence-electron chi connectivity index (χ0n) is 10.9. The van der Waals surface area contributed by atoms with Crippen LogP contribution in [0.3, 0.4) is 0 Å². The molecule has 0 saturated carbocycles. The van der Waals surface area contributed by atoms with Crippen LogP contribution in [0.5, 0.6) is 0 Å². The zero-order chi connectivity index (χ0) is 13.6. The molecule has 96 valence electrons. The Balaban J connectivity index is 2.31. The molecule has 1 aliphatic rings. The molecule has 3 heteroatoms. The number of benzene rings is 2. The fraction of sp³-hybridized carbons (Fsp3) is 0.125. The fourth-order valence-electron chi connectivity index (χ4n) is 2.81. The first-order valence-corrected chi connectivity index (χ1v) is 15.6. The van der Waals surface area contributed by atoms with Gasteiger partial charge in [-0.15, -0.1) is 0 Å². The minimum absolute atomic E-state index is 0.800. The number of hydrogen-bond acceptors (Lipinski definition) is 0. The van der Waals surface area contributed by atoms with Crippen molar-refractivity contribution in [2.24, 2.45) is 0 Å². The third-order valence-electron chi connectivity index (χ3n) is 3.82. The number of hydrogen-bond donors (Lipinski definition) is 0. The van der Waals surface area contributed by atoms with E-state index >= 15 is 0 Å². The van der Waals surface area contributed by atoms with E-state index in [1.54, 1.807) is 0 Å². The number of rotatable bonds is 0. The SMILES string of the molecule is [CH3][Sn]1([CH3])[c]2ccc(Cl)cc2C=Cc2cc(Cl)cc[c]21. The minimum atomic E-state index is -2.55.